The normalized spacial score (nSPS) is 18.6. The molecule has 0 aliphatic carbocycles. The fourth-order valence-electron chi connectivity index (χ4n) is 2.09. The molecule has 0 atom stereocenters. The van der Waals surface area contributed by atoms with Crippen molar-refractivity contribution in [2.24, 2.45) is 0 Å². The molecule has 1 aromatic rings. The molecule has 124 valence electrons. The first kappa shape index (κ1) is 17.4. The largest absolute Gasteiger partial charge is 0.494 e. The molecule has 7 nitrogen and oxygen atoms in total. The maximum Gasteiger partial charge on any atom is 0.494 e. The van der Waals surface area contributed by atoms with Crippen molar-refractivity contribution in [3.8, 4) is 0 Å². The predicted molar refractivity (Wildman–Crippen MR) is 82.6 cm³/mol. The van der Waals surface area contributed by atoms with Crippen molar-refractivity contribution in [1.82, 2.24) is 4.98 Å². The van der Waals surface area contributed by atoms with E-state index >= 15 is 0 Å². The van der Waals surface area contributed by atoms with E-state index < -0.39 is 30.3 Å². The van der Waals surface area contributed by atoms with Gasteiger partial charge in [-0.25, -0.2) is 14.6 Å². The molecule has 0 spiro atoms. The Morgan fingerprint density at radius 1 is 0.957 bits per heavy atom. The average molecular weight is 321 g/mol. The number of ether oxygens (including phenoxy) is 2. The number of pyridine rings is 1. The maximum absolute atomic E-state index is 11.8. The molecule has 2 heterocycles. The van der Waals surface area contributed by atoms with Crippen LogP contribution in [-0.2, 0) is 18.8 Å². The van der Waals surface area contributed by atoms with Gasteiger partial charge in [0.15, 0.2) is 0 Å². The van der Waals surface area contributed by atoms with Crippen LogP contribution in [0.5, 0.6) is 0 Å². The standard InChI is InChI=1S/C15H20BNO6/c1-14(2)15(3,4)23-16(22-14)9-7-10(12(18)20-5)17-11(8-9)13(19)21-6/h7-8H,1-6H3. The molecule has 1 aromatic heterocycles. The minimum Gasteiger partial charge on any atom is -0.464 e. The van der Waals surface area contributed by atoms with Gasteiger partial charge >= 0.3 is 19.1 Å². The minimum atomic E-state index is -0.727. The molecule has 23 heavy (non-hydrogen) atoms. The van der Waals surface area contributed by atoms with Crippen LogP contribution in [-0.4, -0.2) is 49.5 Å². The molecule has 8 heteroatoms. The number of aromatic nitrogens is 1. The van der Waals surface area contributed by atoms with Gasteiger partial charge in [0, 0.05) is 0 Å². The number of carbonyl (C=O) groups excluding carboxylic acids is 2. The van der Waals surface area contributed by atoms with E-state index in [0.29, 0.717) is 5.46 Å². The van der Waals surface area contributed by atoms with Gasteiger partial charge in [-0.15, -0.1) is 0 Å². The van der Waals surface area contributed by atoms with Crippen molar-refractivity contribution in [1.29, 1.82) is 0 Å². The summed E-state index contributed by atoms with van der Waals surface area (Å²) in [5, 5.41) is 0. The lowest BCUT2D eigenvalue weighted by molar-refractivity contribution is 0.00578. The highest BCUT2D eigenvalue weighted by atomic mass is 16.7. The lowest BCUT2D eigenvalue weighted by Gasteiger charge is -2.32. The highest BCUT2D eigenvalue weighted by molar-refractivity contribution is 6.62. The number of rotatable bonds is 3. The lowest BCUT2D eigenvalue weighted by Crippen LogP contribution is -2.41. The summed E-state index contributed by atoms with van der Waals surface area (Å²) in [6.45, 7) is 7.65. The fraction of sp³-hybridized carbons (Fsp3) is 0.533. The Labute approximate surface area is 135 Å². The molecular weight excluding hydrogens is 301 g/mol. The Morgan fingerprint density at radius 3 is 1.70 bits per heavy atom. The molecule has 0 saturated carbocycles. The van der Waals surface area contributed by atoms with Gasteiger partial charge in [-0.05, 0) is 45.3 Å². The van der Waals surface area contributed by atoms with Gasteiger partial charge in [-0.1, -0.05) is 0 Å². The smallest absolute Gasteiger partial charge is 0.464 e. The molecule has 1 aliphatic heterocycles. The van der Waals surface area contributed by atoms with Crippen LogP contribution in [0.3, 0.4) is 0 Å². The Balaban J connectivity index is 2.46. The van der Waals surface area contributed by atoms with Crippen LogP contribution in [0.25, 0.3) is 0 Å². The first-order chi connectivity index (χ1) is 10.6. The van der Waals surface area contributed by atoms with Gasteiger partial charge < -0.3 is 18.8 Å². The predicted octanol–water partition coefficient (Wildman–Crippen LogP) is 0.954. The van der Waals surface area contributed by atoms with E-state index in [1.807, 2.05) is 27.7 Å². The average Bonchev–Trinajstić information content (AvgIpc) is 2.73. The van der Waals surface area contributed by atoms with Crippen molar-refractivity contribution < 1.29 is 28.4 Å². The summed E-state index contributed by atoms with van der Waals surface area (Å²) in [4.78, 5) is 27.5. The molecule has 2 rings (SSSR count). The molecule has 0 N–H and O–H groups in total. The Kier molecular flexibility index (Phi) is 4.50. The van der Waals surface area contributed by atoms with Crippen LogP contribution in [0.15, 0.2) is 12.1 Å². The van der Waals surface area contributed by atoms with Crippen molar-refractivity contribution in [3.63, 3.8) is 0 Å². The van der Waals surface area contributed by atoms with E-state index in [-0.39, 0.29) is 11.4 Å². The molecule has 1 aliphatic rings. The van der Waals surface area contributed by atoms with Crippen LogP contribution in [0.1, 0.15) is 48.7 Å². The van der Waals surface area contributed by atoms with Crippen molar-refractivity contribution in [3.05, 3.63) is 23.5 Å². The Hall–Kier alpha value is -1.93. The molecule has 0 aromatic carbocycles. The Morgan fingerprint density at radius 2 is 1.35 bits per heavy atom. The molecule has 0 radical (unpaired) electrons. The SMILES string of the molecule is COC(=O)c1cc(B2OC(C)(C)C(C)(C)O2)cc(C(=O)OC)n1. The number of hydrogen-bond donors (Lipinski definition) is 0. The van der Waals surface area contributed by atoms with Crippen LogP contribution in [0.2, 0.25) is 0 Å². The third kappa shape index (κ3) is 3.23. The minimum absolute atomic E-state index is 0.0138. The van der Waals surface area contributed by atoms with Gasteiger partial charge in [0.05, 0.1) is 25.4 Å². The van der Waals surface area contributed by atoms with Crippen LogP contribution < -0.4 is 5.46 Å². The molecular formula is C15H20BNO6. The lowest BCUT2D eigenvalue weighted by atomic mass is 9.79. The molecule has 0 bridgehead atoms. The van der Waals surface area contributed by atoms with Gasteiger partial charge in [0.1, 0.15) is 11.4 Å². The maximum atomic E-state index is 11.8. The zero-order chi connectivity index (χ0) is 17.4. The summed E-state index contributed by atoms with van der Waals surface area (Å²) in [5.74, 6) is -1.32. The first-order valence-corrected chi connectivity index (χ1v) is 7.15. The van der Waals surface area contributed by atoms with Crippen molar-refractivity contribution >= 4 is 24.5 Å². The number of hydrogen-bond acceptors (Lipinski definition) is 7. The second kappa shape index (κ2) is 5.94. The molecule has 1 fully saturated rings. The number of methoxy groups -OCH3 is 2. The van der Waals surface area contributed by atoms with Crippen LogP contribution >= 0.6 is 0 Å². The first-order valence-electron chi connectivity index (χ1n) is 7.15. The van der Waals surface area contributed by atoms with Crippen molar-refractivity contribution in [2.45, 2.75) is 38.9 Å². The van der Waals surface area contributed by atoms with E-state index in [9.17, 15) is 9.59 Å². The van der Waals surface area contributed by atoms with Gasteiger partial charge in [0.2, 0.25) is 0 Å². The number of esters is 2. The number of nitrogens with zero attached hydrogens (tertiary/aromatic N) is 1. The fourth-order valence-corrected chi connectivity index (χ4v) is 2.09. The van der Waals surface area contributed by atoms with Gasteiger partial charge in [0.25, 0.3) is 0 Å². The van der Waals surface area contributed by atoms with E-state index in [2.05, 4.69) is 14.5 Å². The van der Waals surface area contributed by atoms with E-state index in [1.165, 1.54) is 26.4 Å². The summed E-state index contributed by atoms with van der Waals surface area (Å²) in [6, 6.07) is 2.97. The third-order valence-electron chi connectivity index (χ3n) is 4.16. The summed E-state index contributed by atoms with van der Waals surface area (Å²) in [5.41, 5.74) is -0.616. The topological polar surface area (TPSA) is 84.0 Å². The quantitative estimate of drug-likeness (QED) is 0.605. The zero-order valence-electron chi connectivity index (χ0n) is 14.1. The highest BCUT2D eigenvalue weighted by Gasteiger charge is 2.52. The van der Waals surface area contributed by atoms with Crippen LogP contribution in [0, 0.1) is 0 Å². The summed E-state index contributed by atoms with van der Waals surface area (Å²) in [7, 11) is 1.75. The highest BCUT2D eigenvalue weighted by Crippen LogP contribution is 2.36. The third-order valence-corrected chi connectivity index (χ3v) is 4.16. The summed E-state index contributed by atoms with van der Waals surface area (Å²) in [6.07, 6.45) is 0. The van der Waals surface area contributed by atoms with E-state index in [0.717, 1.165) is 0 Å². The zero-order valence-corrected chi connectivity index (χ0v) is 14.1. The monoisotopic (exact) mass is 321 g/mol. The van der Waals surface area contributed by atoms with Crippen LogP contribution in [0.4, 0.5) is 0 Å². The second-order valence-corrected chi connectivity index (χ2v) is 6.24. The number of carbonyl (C=O) groups is 2. The summed E-state index contributed by atoms with van der Waals surface area (Å²) >= 11 is 0. The van der Waals surface area contributed by atoms with Gasteiger partial charge in [-0.3, -0.25) is 0 Å². The van der Waals surface area contributed by atoms with E-state index in [4.69, 9.17) is 9.31 Å². The van der Waals surface area contributed by atoms with Gasteiger partial charge in [-0.2, -0.15) is 0 Å². The Bertz CT molecular complexity index is 593. The second-order valence-electron chi connectivity index (χ2n) is 6.24. The molecule has 0 unspecified atom stereocenters. The molecule has 1 saturated heterocycles. The van der Waals surface area contributed by atoms with E-state index in [1.54, 1.807) is 0 Å². The summed E-state index contributed by atoms with van der Waals surface area (Å²) < 4.78 is 21.2. The van der Waals surface area contributed by atoms with Crippen molar-refractivity contribution in [2.75, 3.05) is 14.2 Å². The molecule has 0 amide bonds.